The molecular weight excluding hydrogens is 329 g/mol. The van der Waals surface area contributed by atoms with Crippen LogP contribution in [0.3, 0.4) is 0 Å². The number of rotatable bonds is 4. The second-order valence-corrected chi connectivity index (χ2v) is 31.0. The van der Waals surface area contributed by atoms with Crippen molar-refractivity contribution in [1.82, 2.24) is 0 Å². The summed E-state index contributed by atoms with van der Waals surface area (Å²) in [5.41, 5.74) is 0. The van der Waals surface area contributed by atoms with Crippen molar-refractivity contribution < 1.29 is 0 Å². The summed E-state index contributed by atoms with van der Waals surface area (Å²) in [6, 6.07) is 5.08. The van der Waals surface area contributed by atoms with Crippen LogP contribution in [0, 0.1) is 0 Å². The maximum Gasteiger partial charge on any atom is 0.0774 e. The zero-order chi connectivity index (χ0) is 17.7. The smallest absolute Gasteiger partial charge is 0.0656 e. The van der Waals surface area contributed by atoms with Crippen LogP contribution in [0.25, 0.3) is 0 Å². The minimum absolute atomic E-state index is 1.31. The van der Waals surface area contributed by atoms with Crippen molar-refractivity contribution >= 4 is 53.0 Å². The maximum absolute atomic E-state index is 2.56. The Bertz CT molecular complexity index is 496. The third kappa shape index (κ3) is 4.34. The Balaban J connectivity index is 4.02. The van der Waals surface area contributed by atoms with Gasteiger partial charge in [0.25, 0.3) is 0 Å². The quantitative estimate of drug-likeness (QED) is 0.710. The van der Waals surface area contributed by atoms with Crippen molar-refractivity contribution in [3.8, 4) is 0 Å². The fourth-order valence-corrected chi connectivity index (χ4v) is 16.9. The molecule has 0 fully saturated rings. The minimum Gasteiger partial charge on any atom is -0.0656 e. The summed E-state index contributed by atoms with van der Waals surface area (Å²) in [6.07, 6.45) is 0. The second-order valence-electron chi connectivity index (χ2n) is 10.9. The third-order valence-corrected chi connectivity index (χ3v) is 13.2. The third-order valence-electron chi connectivity index (χ3n) is 4.32. The molecule has 0 aliphatic carbocycles. The van der Waals surface area contributed by atoms with E-state index in [0.29, 0.717) is 0 Å². The minimum atomic E-state index is -1.36. The van der Waals surface area contributed by atoms with Crippen molar-refractivity contribution in [3.05, 3.63) is 12.1 Å². The molecule has 0 amide bonds. The normalized spacial score (nSPS) is 14.4. The Labute approximate surface area is 143 Å². The van der Waals surface area contributed by atoms with Crippen LogP contribution in [0.2, 0.25) is 78.6 Å². The monoisotopic (exact) mass is 366 g/mol. The number of hydrogen-bond donors (Lipinski definition) is 0. The molecule has 22 heavy (non-hydrogen) atoms. The average molecular weight is 367 g/mol. The molecule has 0 nitrogen and oxygen atoms in total. The van der Waals surface area contributed by atoms with Crippen LogP contribution >= 0.6 is 0 Å². The molecule has 0 aliphatic rings. The Kier molecular flexibility index (Phi) is 5.37. The van der Waals surface area contributed by atoms with Crippen LogP contribution in [-0.2, 0) is 0 Å². The molecule has 1 rings (SSSR count). The van der Waals surface area contributed by atoms with Gasteiger partial charge in [0.1, 0.15) is 0 Å². The van der Waals surface area contributed by atoms with Crippen molar-refractivity contribution in [3.63, 3.8) is 0 Å². The molecule has 0 aromatic heterocycles. The molecular formula is C18H38Si4. The van der Waals surface area contributed by atoms with E-state index >= 15 is 0 Å². The van der Waals surface area contributed by atoms with E-state index in [0.717, 1.165) is 0 Å². The van der Waals surface area contributed by atoms with Gasteiger partial charge in [0.2, 0.25) is 0 Å². The van der Waals surface area contributed by atoms with Crippen LogP contribution in [-0.4, -0.2) is 32.3 Å². The van der Waals surface area contributed by atoms with Gasteiger partial charge in [-0.2, -0.15) is 0 Å². The van der Waals surface area contributed by atoms with Crippen LogP contribution in [0.15, 0.2) is 12.1 Å². The highest BCUT2D eigenvalue weighted by atomic mass is 28.3. The lowest BCUT2D eigenvalue weighted by Crippen LogP contribution is -2.72. The Hall–Kier alpha value is 0.0875. The molecule has 126 valence electrons. The van der Waals surface area contributed by atoms with Gasteiger partial charge in [0.15, 0.2) is 0 Å². The van der Waals surface area contributed by atoms with E-state index in [4.69, 9.17) is 0 Å². The Morgan fingerprint density at radius 1 is 0.409 bits per heavy atom. The summed E-state index contributed by atoms with van der Waals surface area (Å²) in [4.78, 5) is 0. The lowest BCUT2D eigenvalue weighted by Gasteiger charge is -2.38. The molecule has 0 unspecified atom stereocenters. The van der Waals surface area contributed by atoms with Gasteiger partial charge in [-0.3, -0.25) is 0 Å². The predicted molar refractivity (Wildman–Crippen MR) is 118 cm³/mol. The van der Waals surface area contributed by atoms with Gasteiger partial charge in [-0.15, -0.1) is 0 Å². The number of hydrogen-bond acceptors (Lipinski definition) is 0. The molecule has 0 atom stereocenters. The van der Waals surface area contributed by atoms with Crippen LogP contribution in [0.4, 0.5) is 0 Å². The molecule has 1 aromatic rings. The van der Waals surface area contributed by atoms with Crippen LogP contribution < -0.4 is 20.7 Å². The summed E-state index contributed by atoms with van der Waals surface area (Å²) in [5.74, 6) is 0. The predicted octanol–water partition coefficient (Wildman–Crippen LogP) is 3.87. The summed E-state index contributed by atoms with van der Waals surface area (Å²) in [6.45, 7) is 30.5. The van der Waals surface area contributed by atoms with Crippen LogP contribution in [0.5, 0.6) is 0 Å². The lowest BCUT2D eigenvalue weighted by atomic mass is 10.3. The largest absolute Gasteiger partial charge is 0.0774 e. The van der Waals surface area contributed by atoms with Crippen molar-refractivity contribution in [1.29, 1.82) is 0 Å². The first-order valence-corrected chi connectivity index (χ1v) is 22.7. The van der Waals surface area contributed by atoms with E-state index in [-0.39, 0.29) is 0 Å². The fraction of sp³-hybridized carbons (Fsp3) is 0.667. The summed E-state index contributed by atoms with van der Waals surface area (Å²) < 4.78 is 0. The first kappa shape index (κ1) is 20.1. The average Bonchev–Trinajstić information content (AvgIpc) is 2.22. The van der Waals surface area contributed by atoms with E-state index in [9.17, 15) is 0 Å². The fourth-order valence-electron chi connectivity index (χ4n) is 3.41. The molecule has 0 heterocycles. The van der Waals surface area contributed by atoms with Gasteiger partial charge in [0.05, 0.1) is 32.3 Å². The topological polar surface area (TPSA) is 0 Å². The van der Waals surface area contributed by atoms with Crippen molar-refractivity contribution in [2.75, 3.05) is 0 Å². The van der Waals surface area contributed by atoms with E-state index in [1.54, 1.807) is 10.4 Å². The van der Waals surface area contributed by atoms with Gasteiger partial charge in [-0.05, 0) is 0 Å². The zero-order valence-electron chi connectivity index (χ0n) is 17.2. The van der Waals surface area contributed by atoms with Gasteiger partial charge >= 0.3 is 0 Å². The lowest BCUT2D eigenvalue weighted by molar-refractivity contribution is 1.64. The van der Waals surface area contributed by atoms with Crippen LogP contribution in [0.1, 0.15) is 0 Å². The van der Waals surface area contributed by atoms with Gasteiger partial charge in [0, 0.05) is 0 Å². The van der Waals surface area contributed by atoms with E-state index in [2.05, 4.69) is 90.7 Å². The molecule has 0 bridgehead atoms. The summed E-state index contributed by atoms with van der Waals surface area (Å²) in [7, 11) is -5.34. The van der Waals surface area contributed by atoms with E-state index in [1.807, 2.05) is 10.4 Å². The van der Waals surface area contributed by atoms with E-state index < -0.39 is 32.3 Å². The molecule has 0 saturated carbocycles. The van der Waals surface area contributed by atoms with E-state index in [1.165, 1.54) is 0 Å². The summed E-state index contributed by atoms with van der Waals surface area (Å²) >= 11 is 0. The Morgan fingerprint density at radius 2 is 0.636 bits per heavy atom. The number of benzene rings is 1. The maximum atomic E-state index is 2.56. The standard InChI is InChI=1S/C18H38Si4/c1-19(2,3)15-13-14-16(20(4,5)6)18(22(10,11)12)17(15)21(7,8)9/h13-14H,1-12H3. The zero-order valence-corrected chi connectivity index (χ0v) is 21.2. The SMILES string of the molecule is C[Si](C)(C)c1ccc([Si](C)(C)C)c([Si](C)(C)C)c1[Si](C)(C)C. The molecule has 0 radical (unpaired) electrons. The highest BCUT2D eigenvalue weighted by molar-refractivity contribution is 7.07. The molecule has 1 aromatic carbocycles. The molecule has 0 aliphatic heterocycles. The highest BCUT2D eigenvalue weighted by Gasteiger charge is 2.37. The molecule has 0 saturated heterocycles. The first-order chi connectivity index (χ1) is 9.47. The first-order valence-electron chi connectivity index (χ1n) is 8.66. The Morgan fingerprint density at radius 3 is 0.773 bits per heavy atom. The second kappa shape index (κ2) is 5.87. The van der Waals surface area contributed by atoms with Gasteiger partial charge in [-0.1, -0.05) is 111 Å². The van der Waals surface area contributed by atoms with Crippen molar-refractivity contribution in [2.45, 2.75) is 78.6 Å². The highest BCUT2D eigenvalue weighted by Crippen LogP contribution is 2.12. The van der Waals surface area contributed by atoms with Crippen molar-refractivity contribution in [2.24, 2.45) is 0 Å². The molecule has 0 spiro atoms. The van der Waals surface area contributed by atoms with Gasteiger partial charge in [-0.25, -0.2) is 0 Å². The van der Waals surface area contributed by atoms with Gasteiger partial charge < -0.3 is 0 Å². The molecule has 4 heteroatoms. The summed E-state index contributed by atoms with van der Waals surface area (Å²) in [5, 5.41) is 7.22. The molecule has 0 N–H and O–H groups in total.